The van der Waals surface area contributed by atoms with Gasteiger partial charge in [0, 0.05) is 0 Å². The molecule has 0 aliphatic heterocycles. The summed E-state index contributed by atoms with van der Waals surface area (Å²) in [6.07, 6.45) is 4.85. The first kappa shape index (κ1) is 12.5. The van der Waals surface area contributed by atoms with E-state index in [1.54, 1.807) is 0 Å². The number of hydrogen-bond donors (Lipinski definition) is 0. The summed E-state index contributed by atoms with van der Waals surface area (Å²) >= 11 is 0. The van der Waals surface area contributed by atoms with Gasteiger partial charge in [-0.3, -0.25) is 0 Å². The smallest absolute Gasteiger partial charge is 0.0150 e. The molecule has 0 atom stereocenters. The Morgan fingerprint density at radius 3 is 2.38 bits per heavy atom. The summed E-state index contributed by atoms with van der Waals surface area (Å²) in [5.74, 6) is 0. The molecule has 0 saturated heterocycles. The molecule has 0 unspecified atom stereocenters. The second-order valence-corrected chi connectivity index (χ2v) is 4.02. The Labute approximate surface area is 99.0 Å². The molecule has 0 heterocycles. The van der Waals surface area contributed by atoms with E-state index in [0.717, 1.165) is 6.42 Å². The molecule has 0 bridgehead atoms. The van der Waals surface area contributed by atoms with Crippen LogP contribution in [-0.2, 0) is 0 Å². The predicted molar refractivity (Wildman–Crippen MR) is 73.5 cm³/mol. The maximum absolute atomic E-state index is 3.92. The molecule has 0 aromatic heterocycles. The van der Waals surface area contributed by atoms with Gasteiger partial charge >= 0.3 is 0 Å². The Kier molecular flexibility index (Phi) is 4.30. The van der Waals surface area contributed by atoms with E-state index in [1.807, 2.05) is 12.2 Å². The lowest BCUT2D eigenvalue weighted by Gasteiger charge is -2.11. The quantitative estimate of drug-likeness (QED) is 0.626. The third-order valence-electron chi connectivity index (χ3n) is 2.86. The molecule has 84 valence electrons. The van der Waals surface area contributed by atoms with E-state index in [0.29, 0.717) is 0 Å². The molecule has 1 aromatic rings. The number of rotatable bonds is 4. The van der Waals surface area contributed by atoms with E-state index in [9.17, 15) is 0 Å². The highest BCUT2D eigenvalue weighted by Gasteiger charge is 2.05. The van der Waals surface area contributed by atoms with Crippen LogP contribution in [-0.4, -0.2) is 0 Å². The summed E-state index contributed by atoms with van der Waals surface area (Å²) in [4.78, 5) is 0. The monoisotopic (exact) mass is 212 g/mol. The molecule has 0 aliphatic rings. The fourth-order valence-electron chi connectivity index (χ4n) is 1.88. The van der Waals surface area contributed by atoms with Crippen LogP contribution in [0.4, 0.5) is 0 Å². The van der Waals surface area contributed by atoms with E-state index < -0.39 is 0 Å². The maximum Gasteiger partial charge on any atom is -0.0150 e. The second kappa shape index (κ2) is 5.50. The summed E-state index contributed by atoms with van der Waals surface area (Å²) in [6, 6.07) is 6.51. The van der Waals surface area contributed by atoms with E-state index >= 15 is 0 Å². The highest BCUT2D eigenvalue weighted by atomic mass is 14.1. The Hall–Kier alpha value is -1.56. The molecule has 0 aliphatic carbocycles. The van der Waals surface area contributed by atoms with Crippen LogP contribution in [0, 0.1) is 13.8 Å². The normalized spacial score (nSPS) is 11.9. The molecule has 0 amide bonds. The van der Waals surface area contributed by atoms with Gasteiger partial charge in [0.2, 0.25) is 0 Å². The lowest BCUT2D eigenvalue weighted by atomic mass is 9.93. The van der Waals surface area contributed by atoms with Crippen molar-refractivity contribution < 1.29 is 0 Å². The van der Waals surface area contributed by atoms with E-state index in [2.05, 4.69) is 52.1 Å². The number of benzene rings is 1. The SMILES string of the molecule is C=C/C(CC)=C(\C=C)c1cc(C)ccc1C. The van der Waals surface area contributed by atoms with Gasteiger partial charge in [0.25, 0.3) is 0 Å². The molecular formula is C16H20. The zero-order chi connectivity index (χ0) is 12.1. The average molecular weight is 212 g/mol. The molecule has 0 fully saturated rings. The summed E-state index contributed by atoms with van der Waals surface area (Å²) in [5, 5.41) is 0. The lowest BCUT2D eigenvalue weighted by molar-refractivity contribution is 1.15. The Morgan fingerprint density at radius 2 is 1.88 bits per heavy atom. The van der Waals surface area contributed by atoms with Gasteiger partial charge in [-0.25, -0.2) is 0 Å². The topological polar surface area (TPSA) is 0 Å². The van der Waals surface area contributed by atoms with Crippen molar-refractivity contribution in [3.63, 3.8) is 0 Å². The van der Waals surface area contributed by atoms with Gasteiger partial charge < -0.3 is 0 Å². The maximum atomic E-state index is 3.92. The minimum Gasteiger partial charge on any atom is -0.0988 e. The lowest BCUT2D eigenvalue weighted by Crippen LogP contribution is -1.91. The number of allylic oxidation sites excluding steroid dienone is 4. The van der Waals surface area contributed by atoms with Crippen molar-refractivity contribution in [1.29, 1.82) is 0 Å². The van der Waals surface area contributed by atoms with E-state index in [4.69, 9.17) is 0 Å². The molecular weight excluding hydrogens is 192 g/mol. The Balaban J connectivity index is 3.44. The van der Waals surface area contributed by atoms with Crippen molar-refractivity contribution in [2.24, 2.45) is 0 Å². The van der Waals surface area contributed by atoms with Crippen molar-refractivity contribution in [2.45, 2.75) is 27.2 Å². The van der Waals surface area contributed by atoms with Crippen LogP contribution in [0.1, 0.15) is 30.0 Å². The van der Waals surface area contributed by atoms with Crippen LogP contribution in [0.3, 0.4) is 0 Å². The molecule has 0 nitrogen and oxygen atoms in total. The van der Waals surface area contributed by atoms with Crippen molar-refractivity contribution in [3.8, 4) is 0 Å². The Morgan fingerprint density at radius 1 is 1.19 bits per heavy atom. The zero-order valence-electron chi connectivity index (χ0n) is 10.5. The zero-order valence-corrected chi connectivity index (χ0v) is 10.5. The van der Waals surface area contributed by atoms with Gasteiger partial charge in [-0.05, 0) is 42.5 Å². The highest BCUT2D eigenvalue weighted by Crippen LogP contribution is 2.26. The number of aryl methyl sites for hydroxylation is 2. The first-order valence-electron chi connectivity index (χ1n) is 5.69. The van der Waals surface area contributed by atoms with E-state index in [-0.39, 0.29) is 0 Å². The van der Waals surface area contributed by atoms with E-state index in [1.165, 1.54) is 27.8 Å². The first-order valence-corrected chi connectivity index (χ1v) is 5.69. The predicted octanol–water partition coefficient (Wildman–Crippen LogP) is 4.84. The summed E-state index contributed by atoms with van der Waals surface area (Å²) in [5.41, 5.74) is 6.29. The molecule has 1 aromatic carbocycles. The van der Waals surface area contributed by atoms with Crippen LogP contribution in [0.2, 0.25) is 0 Å². The standard InChI is InChI=1S/C16H20/c1-6-14(7-2)15(8-3)16-11-12(4)9-10-13(16)5/h6,8-11H,1,3,7H2,2,4-5H3/b15-14-. The van der Waals surface area contributed by atoms with Gasteiger partial charge in [0.05, 0.1) is 0 Å². The first-order chi connectivity index (χ1) is 7.63. The largest absolute Gasteiger partial charge is 0.0988 e. The van der Waals surface area contributed by atoms with Crippen LogP contribution in [0.25, 0.3) is 5.57 Å². The summed E-state index contributed by atoms with van der Waals surface area (Å²) in [6.45, 7) is 14.2. The molecule has 0 heteroatoms. The molecule has 16 heavy (non-hydrogen) atoms. The number of hydrogen-bond acceptors (Lipinski definition) is 0. The average Bonchev–Trinajstić information content (AvgIpc) is 2.29. The molecule has 0 saturated carbocycles. The molecule has 0 spiro atoms. The van der Waals surface area contributed by atoms with Gasteiger partial charge in [-0.15, -0.1) is 0 Å². The van der Waals surface area contributed by atoms with Crippen molar-refractivity contribution in [3.05, 3.63) is 65.8 Å². The van der Waals surface area contributed by atoms with Crippen molar-refractivity contribution in [1.82, 2.24) is 0 Å². The van der Waals surface area contributed by atoms with Crippen molar-refractivity contribution >= 4 is 5.57 Å². The van der Waals surface area contributed by atoms with Crippen LogP contribution in [0.5, 0.6) is 0 Å². The summed E-state index contributed by atoms with van der Waals surface area (Å²) < 4.78 is 0. The van der Waals surface area contributed by atoms with Crippen LogP contribution in [0.15, 0.2) is 49.1 Å². The van der Waals surface area contributed by atoms with Crippen molar-refractivity contribution in [2.75, 3.05) is 0 Å². The summed E-state index contributed by atoms with van der Waals surface area (Å²) in [7, 11) is 0. The third-order valence-corrected chi connectivity index (χ3v) is 2.86. The van der Waals surface area contributed by atoms with Gasteiger partial charge in [-0.1, -0.05) is 56.0 Å². The van der Waals surface area contributed by atoms with Crippen LogP contribution < -0.4 is 0 Å². The highest BCUT2D eigenvalue weighted by molar-refractivity contribution is 5.79. The van der Waals surface area contributed by atoms with Gasteiger partial charge in [0.15, 0.2) is 0 Å². The minimum atomic E-state index is 0.984. The molecule has 0 N–H and O–H groups in total. The fraction of sp³-hybridized carbons (Fsp3) is 0.250. The third kappa shape index (κ3) is 2.52. The fourth-order valence-corrected chi connectivity index (χ4v) is 1.88. The second-order valence-electron chi connectivity index (χ2n) is 4.02. The van der Waals surface area contributed by atoms with Crippen LogP contribution >= 0.6 is 0 Å². The molecule has 0 radical (unpaired) electrons. The molecule has 1 rings (SSSR count). The van der Waals surface area contributed by atoms with Gasteiger partial charge in [-0.2, -0.15) is 0 Å². The van der Waals surface area contributed by atoms with Gasteiger partial charge in [0.1, 0.15) is 0 Å². The minimum absolute atomic E-state index is 0.984. The Bertz CT molecular complexity index is 433.